The van der Waals surface area contributed by atoms with Gasteiger partial charge in [-0.15, -0.1) is 0 Å². The molecule has 23 heavy (non-hydrogen) atoms. The Morgan fingerprint density at radius 3 is 2.65 bits per heavy atom. The summed E-state index contributed by atoms with van der Waals surface area (Å²) in [5.41, 5.74) is 5.44. The maximum absolute atomic E-state index is 10.5. The predicted molar refractivity (Wildman–Crippen MR) is 95.1 cm³/mol. The molecule has 2 aliphatic rings. The lowest BCUT2D eigenvalue weighted by molar-refractivity contribution is 0.158. The Hall–Kier alpha value is -1.80. The molecule has 1 saturated heterocycles. The molecule has 0 bridgehead atoms. The first kappa shape index (κ1) is 14.8. The van der Waals surface area contributed by atoms with E-state index in [0.29, 0.717) is 5.92 Å². The molecule has 120 valence electrons. The van der Waals surface area contributed by atoms with Gasteiger partial charge in [0.05, 0.1) is 6.10 Å². The summed E-state index contributed by atoms with van der Waals surface area (Å²) < 4.78 is 0. The molecule has 2 heteroatoms. The van der Waals surface area contributed by atoms with Gasteiger partial charge >= 0.3 is 0 Å². The van der Waals surface area contributed by atoms with Crippen molar-refractivity contribution in [1.82, 2.24) is 0 Å². The van der Waals surface area contributed by atoms with E-state index < -0.39 is 0 Å². The van der Waals surface area contributed by atoms with Crippen LogP contribution in [-0.2, 0) is 5.41 Å². The molecular formula is C21H25NO. The summed E-state index contributed by atoms with van der Waals surface area (Å²) in [5, 5.41) is 10.5. The quantitative estimate of drug-likeness (QED) is 0.889. The van der Waals surface area contributed by atoms with Gasteiger partial charge in [0.15, 0.2) is 0 Å². The molecule has 2 nitrogen and oxygen atoms in total. The van der Waals surface area contributed by atoms with Crippen molar-refractivity contribution in [2.24, 2.45) is 0 Å². The third kappa shape index (κ3) is 2.28. The summed E-state index contributed by atoms with van der Waals surface area (Å²) in [6.45, 7) is 6.62. The largest absolute Gasteiger partial charge is 0.388 e. The molecule has 1 heterocycles. The molecule has 4 rings (SSSR count). The minimum atomic E-state index is -0.300. The van der Waals surface area contributed by atoms with Crippen molar-refractivity contribution in [2.75, 3.05) is 18.0 Å². The Kier molecular flexibility index (Phi) is 3.46. The van der Waals surface area contributed by atoms with Crippen molar-refractivity contribution in [3.63, 3.8) is 0 Å². The zero-order valence-corrected chi connectivity index (χ0v) is 14.0. The second kappa shape index (κ2) is 5.38. The van der Waals surface area contributed by atoms with Gasteiger partial charge in [-0.3, -0.25) is 0 Å². The third-order valence-electron chi connectivity index (χ3n) is 5.73. The van der Waals surface area contributed by atoms with E-state index in [-0.39, 0.29) is 11.5 Å². The first-order valence-electron chi connectivity index (χ1n) is 8.72. The Balaban J connectivity index is 1.69. The maximum Gasteiger partial charge on any atom is 0.0802 e. The number of aliphatic hydroxyl groups excluding tert-OH is 1. The number of aliphatic hydroxyl groups is 1. The molecule has 2 aromatic carbocycles. The molecular weight excluding hydrogens is 282 g/mol. The SMILES string of the molecule is CC(C)c1ccccc1N1CCC2(CC(O)c3ccccc32)C1. The van der Waals surface area contributed by atoms with Crippen LogP contribution in [0.25, 0.3) is 0 Å². The number of nitrogens with zero attached hydrogens (tertiary/aromatic N) is 1. The summed E-state index contributed by atoms with van der Waals surface area (Å²) in [6.07, 6.45) is 1.70. The molecule has 1 aliphatic heterocycles. The van der Waals surface area contributed by atoms with Gasteiger partial charge in [-0.1, -0.05) is 56.3 Å². The van der Waals surface area contributed by atoms with Crippen molar-refractivity contribution in [3.05, 3.63) is 65.2 Å². The van der Waals surface area contributed by atoms with Crippen molar-refractivity contribution < 1.29 is 5.11 Å². The lowest BCUT2D eigenvalue weighted by Gasteiger charge is -2.28. The van der Waals surface area contributed by atoms with Gasteiger partial charge in [-0.05, 0) is 41.5 Å². The summed E-state index contributed by atoms with van der Waals surface area (Å²) in [5.74, 6) is 0.532. The van der Waals surface area contributed by atoms with Gasteiger partial charge < -0.3 is 10.0 Å². The van der Waals surface area contributed by atoms with E-state index in [1.165, 1.54) is 16.8 Å². The fraction of sp³-hybridized carbons (Fsp3) is 0.429. The fourth-order valence-corrected chi connectivity index (χ4v) is 4.59. The number of rotatable bonds is 2. The van der Waals surface area contributed by atoms with Crippen LogP contribution >= 0.6 is 0 Å². The highest BCUT2D eigenvalue weighted by Crippen LogP contribution is 2.51. The monoisotopic (exact) mass is 307 g/mol. The average molecular weight is 307 g/mol. The van der Waals surface area contributed by atoms with Gasteiger partial charge in [-0.2, -0.15) is 0 Å². The number of benzene rings is 2. The minimum absolute atomic E-state index is 0.125. The number of hydrogen-bond acceptors (Lipinski definition) is 2. The van der Waals surface area contributed by atoms with Crippen LogP contribution in [0.5, 0.6) is 0 Å². The second-order valence-electron chi connectivity index (χ2n) is 7.47. The topological polar surface area (TPSA) is 23.5 Å². The van der Waals surface area contributed by atoms with Gasteiger partial charge in [0.1, 0.15) is 0 Å². The highest BCUT2D eigenvalue weighted by Gasteiger charge is 2.47. The van der Waals surface area contributed by atoms with Crippen LogP contribution < -0.4 is 4.90 Å². The molecule has 0 amide bonds. The number of fused-ring (bicyclic) bond motifs is 2. The van der Waals surface area contributed by atoms with E-state index in [0.717, 1.165) is 31.5 Å². The zero-order valence-electron chi connectivity index (χ0n) is 14.0. The molecule has 1 N–H and O–H groups in total. The number of hydrogen-bond donors (Lipinski definition) is 1. The van der Waals surface area contributed by atoms with E-state index in [1.54, 1.807) is 0 Å². The van der Waals surface area contributed by atoms with Crippen molar-refractivity contribution >= 4 is 5.69 Å². The molecule has 1 fully saturated rings. The van der Waals surface area contributed by atoms with Gasteiger partial charge in [0, 0.05) is 24.2 Å². The van der Waals surface area contributed by atoms with E-state index in [2.05, 4.69) is 61.2 Å². The van der Waals surface area contributed by atoms with Crippen LogP contribution in [0.15, 0.2) is 48.5 Å². The van der Waals surface area contributed by atoms with Gasteiger partial charge in [-0.25, -0.2) is 0 Å². The van der Waals surface area contributed by atoms with E-state index in [1.807, 2.05) is 6.07 Å². The molecule has 1 aliphatic carbocycles. The van der Waals surface area contributed by atoms with Gasteiger partial charge in [0.2, 0.25) is 0 Å². The standard InChI is InChI=1S/C21H25NO/c1-15(2)16-7-4-6-10-19(16)22-12-11-21(14-22)13-20(23)17-8-3-5-9-18(17)21/h3-10,15,20,23H,11-14H2,1-2H3. The highest BCUT2D eigenvalue weighted by molar-refractivity contribution is 5.58. The van der Waals surface area contributed by atoms with Crippen LogP contribution in [0.1, 0.15) is 55.4 Å². The Bertz CT molecular complexity index is 723. The Morgan fingerprint density at radius 1 is 1.09 bits per heavy atom. The van der Waals surface area contributed by atoms with Crippen LogP contribution in [0.2, 0.25) is 0 Å². The molecule has 2 unspecified atom stereocenters. The van der Waals surface area contributed by atoms with Crippen molar-refractivity contribution in [3.8, 4) is 0 Å². The first-order chi connectivity index (χ1) is 11.1. The lowest BCUT2D eigenvalue weighted by atomic mass is 9.81. The summed E-state index contributed by atoms with van der Waals surface area (Å²) in [7, 11) is 0. The van der Waals surface area contributed by atoms with Crippen LogP contribution in [0.4, 0.5) is 5.69 Å². The molecule has 0 saturated carbocycles. The highest BCUT2D eigenvalue weighted by atomic mass is 16.3. The fourth-order valence-electron chi connectivity index (χ4n) is 4.59. The smallest absolute Gasteiger partial charge is 0.0802 e. The van der Waals surface area contributed by atoms with E-state index in [9.17, 15) is 5.11 Å². The molecule has 1 spiro atoms. The molecule has 0 aromatic heterocycles. The summed E-state index contributed by atoms with van der Waals surface area (Å²) in [4.78, 5) is 2.53. The normalized spacial score (nSPS) is 26.3. The van der Waals surface area contributed by atoms with Crippen molar-refractivity contribution in [1.29, 1.82) is 0 Å². The van der Waals surface area contributed by atoms with Gasteiger partial charge in [0.25, 0.3) is 0 Å². The Labute approximate surface area is 138 Å². The summed E-state index contributed by atoms with van der Waals surface area (Å²) in [6, 6.07) is 17.3. The van der Waals surface area contributed by atoms with E-state index >= 15 is 0 Å². The van der Waals surface area contributed by atoms with E-state index in [4.69, 9.17) is 0 Å². The number of para-hydroxylation sites is 1. The third-order valence-corrected chi connectivity index (χ3v) is 5.73. The second-order valence-corrected chi connectivity index (χ2v) is 7.47. The van der Waals surface area contributed by atoms with Crippen molar-refractivity contribution in [2.45, 2.75) is 44.1 Å². The summed E-state index contributed by atoms with van der Waals surface area (Å²) >= 11 is 0. The molecule has 0 radical (unpaired) electrons. The Morgan fingerprint density at radius 2 is 1.83 bits per heavy atom. The lowest BCUT2D eigenvalue weighted by Crippen LogP contribution is -2.29. The minimum Gasteiger partial charge on any atom is -0.388 e. The molecule has 2 atom stereocenters. The first-order valence-corrected chi connectivity index (χ1v) is 8.72. The van der Waals surface area contributed by atoms with Crippen LogP contribution in [-0.4, -0.2) is 18.2 Å². The number of anilines is 1. The predicted octanol–water partition coefficient (Wildman–Crippen LogP) is 4.40. The average Bonchev–Trinajstić information content (AvgIpc) is 3.11. The maximum atomic E-state index is 10.5. The van der Waals surface area contributed by atoms with Crippen LogP contribution in [0, 0.1) is 0 Å². The van der Waals surface area contributed by atoms with Crippen LogP contribution in [0.3, 0.4) is 0 Å². The zero-order chi connectivity index (χ0) is 16.0. The molecule has 2 aromatic rings.